The van der Waals surface area contributed by atoms with E-state index in [2.05, 4.69) is 10.6 Å². The Hall–Kier alpha value is -2.58. The third-order valence-corrected chi connectivity index (χ3v) is 8.14. The Kier molecular flexibility index (Phi) is 7.91. The Balaban J connectivity index is 1.68. The van der Waals surface area contributed by atoms with Crippen LogP contribution >= 0.6 is 23.4 Å². The van der Waals surface area contributed by atoms with Crippen LogP contribution in [-0.4, -0.2) is 40.7 Å². The maximum Gasteiger partial charge on any atom is 0.408 e. The van der Waals surface area contributed by atoms with Crippen molar-refractivity contribution in [1.29, 1.82) is 0 Å². The summed E-state index contributed by atoms with van der Waals surface area (Å²) in [6.07, 6.45) is 2.32. The van der Waals surface area contributed by atoms with E-state index in [1.807, 2.05) is 19.1 Å². The van der Waals surface area contributed by atoms with Crippen LogP contribution in [0.3, 0.4) is 0 Å². The number of carbonyl (C=O) groups is 3. The molecule has 9 heteroatoms. The van der Waals surface area contributed by atoms with Crippen LogP contribution in [0.1, 0.15) is 74.4 Å². The van der Waals surface area contributed by atoms with Crippen LogP contribution in [0.15, 0.2) is 41.3 Å². The highest BCUT2D eigenvalue weighted by atomic mass is 35.5. The SMILES string of the molecule is CC1(NC(=O)c2cc3c(cc2F)SC[C@H](NC(=O)OC(C)(C)C)C(=O)C3Cc2ccc(Cl)cc2)CCC1. The Morgan fingerprint density at radius 2 is 1.86 bits per heavy atom. The Morgan fingerprint density at radius 3 is 2.46 bits per heavy atom. The number of ether oxygens (including phenoxy) is 1. The first-order valence-corrected chi connectivity index (χ1v) is 13.8. The van der Waals surface area contributed by atoms with E-state index in [1.165, 1.54) is 23.9 Å². The molecule has 4 rings (SSSR count). The molecule has 0 aromatic heterocycles. The van der Waals surface area contributed by atoms with Crippen LogP contribution in [0.25, 0.3) is 0 Å². The molecule has 2 aliphatic rings. The summed E-state index contributed by atoms with van der Waals surface area (Å²) in [6.45, 7) is 7.18. The van der Waals surface area contributed by atoms with Gasteiger partial charge < -0.3 is 15.4 Å². The van der Waals surface area contributed by atoms with Crippen molar-refractivity contribution in [1.82, 2.24) is 10.6 Å². The van der Waals surface area contributed by atoms with E-state index in [-0.39, 0.29) is 22.6 Å². The van der Waals surface area contributed by atoms with Gasteiger partial charge in [-0.25, -0.2) is 9.18 Å². The number of ketones is 1. The number of hydrogen-bond acceptors (Lipinski definition) is 5. The number of alkyl carbamates (subject to hydrolysis) is 1. The highest BCUT2D eigenvalue weighted by Gasteiger charge is 2.38. The van der Waals surface area contributed by atoms with Gasteiger partial charge in [0.15, 0.2) is 5.78 Å². The molecule has 2 atom stereocenters. The van der Waals surface area contributed by atoms with Gasteiger partial charge in [-0.2, -0.15) is 0 Å². The number of fused-ring (bicyclic) bond motifs is 1. The predicted octanol–water partition coefficient (Wildman–Crippen LogP) is 6.05. The summed E-state index contributed by atoms with van der Waals surface area (Å²) < 4.78 is 20.5. The highest BCUT2D eigenvalue weighted by molar-refractivity contribution is 7.99. The number of thioether (sulfide) groups is 1. The topological polar surface area (TPSA) is 84.5 Å². The number of amides is 2. The van der Waals surface area contributed by atoms with E-state index in [0.29, 0.717) is 21.9 Å². The van der Waals surface area contributed by atoms with Crippen LogP contribution in [0, 0.1) is 5.82 Å². The van der Waals surface area contributed by atoms with E-state index in [0.717, 1.165) is 24.8 Å². The molecule has 0 bridgehead atoms. The van der Waals surface area contributed by atoms with Crippen LogP contribution in [0.2, 0.25) is 5.02 Å². The molecular formula is C28H32ClFN2O4S. The maximum absolute atomic E-state index is 15.2. The fraction of sp³-hybridized carbons (Fsp3) is 0.464. The molecule has 1 saturated carbocycles. The van der Waals surface area contributed by atoms with Gasteiger partial charge in [0.2, 0.25) is 0 Å². The molecule has 1 aliphatic carbocycles. The van der Waals surface area contributed by atoms with Gasteiger partial charge in [-0.1, -0.05) is 23.7 Å². The first-order chi connectivity index (χ1) is 17.3. The van der Waals surface area contributed by atoms with Crippen molar-refractivity contribution >= 4 is 41.1 Å². The molecule has 2 amide bonds. The van der Waals surface area contributed by atoms with E-state index < -0.39 is 35.4 Å². The van der Waals surface area contributed by atoms with Gasteiger partial charge >= 0.3 is 6.09 Å². The largest absolute Gasteiger partial charge is 0.444 e. The predicted molar refractivity (Wildman–Crippen MR) is 143 cm³/mol. The monoisotopic (exact) mass is 546 g/mol. The number of benzene rings is 2. The second-order valence-electron chi connectivity index (χ2n) is 11.0. The van der Waals surface area contributed by atoms with Gasteiger partial charge in [-0.3, -0.25) is 9.59 Å². The number of carbonyl (C=O) groups excluding carboxylic acids is 3. The maximum atomic E-state index is 15.2. The molecule has 0 saturated heterocycles. The third-order valence-electron chi connectivity index (χ3n) is 6.73. The fourth-order valence-corrected chi connectivity index (χ4v) is 5.87. The molecule has 1 aliphatic heterocycles. The number of hydrogen-bond donors (Lipinski definition) is 2. The molecule has 1 unspecified atom stereocenters. The van der Waals surface area contributed by atoms with Gasteiger partial charge in [0, 0.05) is 21.2 Å². The molecule has 0 radical (unpaired) electrons. The molecule has 2 aromatic carbocycles. The number of Topliss-reactive ketones (excluding diaryl/α,β-unsaturated/α-hetero) is 1. The van der Waals surface area contributed by atoms with Gasteiger partial charge in [0.05, 0.1) is 11.5 Å². The third kappa shape index (κ3) is 6.65. The number of nitrogens with one attached hydrogen (secondary N) is 2. The average molecular weight is 547 g/mol. The zero-order valence-corrected chi connectivity index (χ0v) is 23.0. The second-order valence-corrected chi connectivity index (χ2v) is 12.5. The van der Waals surface area contributed by atoms with Gasteiger partial charge in [0.25, 0.3) is 5.91 Å². The minimum atomic E-state index is -0.848. The lowest BCUT2D eigenvalue weighted by Crippen LogP contribution is -2.51. The minimum Gasteiger partial charge on any atom is -0.444 e. The average Bonchev–Trinajstić information content (AvgIpc) is 2.89. The van der Waals surface area contributed by atoms with Crippen molar-refractivity contribution in [2.24, 2.45) is 0 Å². The Bertz CT molecular complexity index is 1210. The summed E-state index contributed by atoms with van der Waals surface area (Å²) >= 11 is 7.33. The second kappa shape index (κ2) is 10.7. The van der Waals surface area contributed by atoms with E-state index in [1.54, 1.807) is 32.9 Å². The molecular weight excluding hydrogens is 515 g/mol. The van der Waals surface area contributed by atoms with Crippen LogP contribution in [0.5, 0.6) is 0 Å². The summed E-state index contributed by atoms with van der Waals surface area (Å²) in [5.74, 6) is -1.85. The quantitative estimate of drug-likeness (QED) is 0.477. The first-order valence-electron chi connectivity index (χ1n) is 12.4. The van der Waals surface area contributed by atoms with Crippen molar-refractivity contribution < 1.29 is 23.5 Å². The molecule has 6 nitrogen and oxygen atoms in total. The standard InChI is InChI=1S/C28H32ClFN2O4S/c1-27(2,3)36-26(35)31-22-15-37-23-14-21(30)20(25(34)32-28(4)10-5-11-28)13-18(23)19(24(22)33)12-16-6-8-17(29)9-7-16/h6-9,13-14,19,22H,5,10-12,15H2,1-4H3,(H,31,35)(H,32,34)/t19?,22-/m0/s1. The van der Waals surface area contributed by atoms with Crippen molar-refractivity contribution in [3.8, 4) is 0 Å². The zero-order valence-electron chi connectivity index (χ0n) is 21.5. The van der Waals surface area contributed by atoms with Crippen LogP contribution in [-0.2, 0) is 16.0 Å². The number of rotatable bonds is 5. The molecule has 1 heterocycles. The summed E-state index contributed by atoms with van der Waals surface area (Å²) in [5, 5.41) is 6.22. The molecule has 2 aromatic rings. The van der Waals surface area contributed by atoms with Crippen LogP contribution in [0.4, 0.5) is 9.18 Å². The molecule has 198 valence electrons. The van der Waals surface area contributed by atoms with Crippen molar-refractivity contribution in [2.45, 2.75) is 81.4 Å². The van der Waals surface area contributed by atoms with Crippen molar-refractivity contribution in [2.75, 3.05) is 5.75 Å². The Labute approximate surface area is 226 Å². The lowest BCUT2D eigenvalue weighted by Gasteiger charge is -2.39. The normalized spacial score (nSPS) is 20.8. The van der Waals surface area contributed by atoms with E-state index in [9.17, 15) is 14.4 Å². The molecule has 0 spiro atoms. The van der Waals surface area contributed by atoms with Crippen LogP contribution < -0.4 is 10.6 Å². The lowest BCUT2D eigenvalue weighted by atomic mass is 9.78. The van der Waals surface area contributed by atoms with E-state index >= 15 is 4.39 Å². The highest BCUT2D eigenvalue weighted by Crippen LogP contribution is 2.39. The molecule has 37 heavy (non-hydrogen) atoms. The summed E-state index contributed by atoms with van der Waals surface area (Å²) in [7, 11) is 0. The van der Waals surface area contributed by atoms with Crippen molar-refractivity contribution in [3.63, 3.8) is 0 Å². The summed E-state index contributed by atoms with van der Waals surface area (Å²) in [6, 6.07) is 9.13. The molecule has 1 fully saturated rings. The van der Waals surface area contributed by atoms with Gasteiger partial charge in [-0.05, 0) is 88.8 Å². The van der Waals surface area contributed by atoms with Crippen molar-refractivity contribution in [3.05, 3.63) is 63.9 Å². The summed E-state index contributed by atoms with van der Waals surface area (Å²) in [4.78, 5) is 39.9. The zero-order chi connectivity index (χ0) is 27.0. The number of halogens is 2. The Morgan fingerprint density at radius 1 is 1.19 bits per heavy atom. The smallest absolute Gasteiger partial charge is 0.408 e. The molecule has 2 N–H and O–H groups in total. The van der Waals surface area contributed by atoms with E-state index in [4.69, 9.17) is 16.3 Å². The lowest BCUT2D eigenvalue weighted by molar-refractivity contribution is -0.122. The van der Waals surface area contributed by atoms with Gasteiger partial charge in [0.1, 0.15) is 17.5 Å². The summed E-state index contributed by atoms with van der Waals surface area (Å²) in [5.41, 5.74) is 0.281. The minimum absolute atomic E-state index is 0.0834. The first kappa shape index (κ1) is 27.5. The van der Waals surface area contributed by atoms with Gasteiger partial charge in [-0.15, -0.1) is 11.8 Å². The fourth-order valence-electron chi connectivity index (χ4n) is 4.60.